The van der Waals surface area contributed by atoms with Crippen LogP contribution in [-0.2, 0) is 9.53 Å². The summed E-state index contributed by atoms with van der Waals surface area (Å²) in [6.07, 6.45) is -0.644. The van der Waals surface area contributed by atoms with E-state index < -0.39 is 18.1 Å². The van der Waals surface area contributed by atoms with Crippen molar-refractivity contribution in [3.8, 4) is 0 Å². The molecule has 0 spiro atoms. The molecule has 1 aliphatic heterocycles. The molecule has 11 heavy (non-hydrogen) atoms. The number of amides is 1. The number of nitrogens with one attached hydrogen (secondary N) is 1. The second-order valence-electron chi connectivity index (χ2n) is 3.65. The van der Waals surface area contributed by atoms with Crippen LogP contribution in [0, 0.1) is 5.41 Å². The van der Waals surface area contributed by atoms with Gasteiger partial charge in [0.25, 0.3) is 0 Å². The van der Waals surface area contributed by atoms with Crippen LogP contribution in [0.3, 0.4) is 0 Å². The van der Waals surface area contributed by atoms with Crippen molar-refractivity contribution in [1.82, 2.24) is 5.32 Å². The monoisotopic (exact) mass is 157 g/mol. The minimum absolute atomic E-state index is 0.275. The Labute approximate surface area is 64.9 Å². The first-order valence-electron chi connectivity index (χ1n) is 3.43. The molecule has 62 valence electrons. The number of cyclic esters (lactones) is 2. The topological polar surface area (TPSA) is 55.4 Å². The third-order valence-corrected chi connectivity index (χ3v) is 1.56. The van der Waals surface area contributed by atoms with Gasteiger partial charge in [0.1, 0.15) is 6.04 Å². The molecule has 0 aromatic heterocycles. The lowest BCUT2D eigenvalue weighted by atomic mass is 9.87. The molecule has 1 atom stereocenters. The van der Waals surface area contributed by atoms with E-state index in [1.807, 2.05) is 20.8 Å². The first-order valence-corrected chi connectivity index (χ1v) is 3.43. The fourth-order valence-corrected chi connectivity index (χ4v) is 0.927. The van der Waals surface area contributed by atoms with Crippen LogP contribution in [0.2, 0.25) is 0 Å². The van der Waals surface area contributed by atoms with Crippen molar-refractivity contribution in [2.45, 2.75) is 26.8 Å². The highest BCUT2D eigenvalue weighted by atomic mass is 16.6. The van der Waals surface area contributed by atoms with Gasteiger partial charge in [-0.2, -0.15) is 0 Å². The molecular formula is C7H11NO3. The summed E-state index contributed by atoms with van der Waals surface area (Å²) >= 11 is 0. The van der Waals surface area contributed by atoms with Gasteiger partial charge in [-0.1, -0.05) is 20.8 Å². The lowest BCUT2D eigenvalue weighted by molar-refractivity contribution is -0.137. The number of ether oxygens (including phenoxy) is 1. The Balaban J connectivity index is 2.76. The molecule has 1 heterocycles. The molecule has 4 heteroatoms. The number of carbonyl (C=O) groups excluding carboxylic acids is 2. The molecule has 0 aromatic carbocycles. The maximum atomic E-state index is 10.9. The van der Waals surface area contributed by atoms with Crippen LogP contribution in [-0.4, -0.2) is 18.1 Å². The van der Waals surface area contributed by atoms with Crippen molar-refractivity contribution in [1.29, 1.82) is 0 Å². The van der Waals surface area contributed by atoms with E-state index in [1.165, 1.54) is 0 Å². The van der Waals surface area contributed by atoms with Crippen LogP contribution in [0.15, 0.2) is 0 Å². The van der Waals surface area contributed by atoms with Crippen molar-refractivity contribution in [3.63, 3.8) is 0 Å². The number of hydrogen-bond donors (Lipinski definition) is 1. The maximum Gasteiger partial charge on any atom is 0.415 e. The lowest BCUT2D eigenvalue weighted by Crippen LogP contribution is -2.40. The molecule has 0 bridgehead atoms. The van der Waals surface area contributed by atoms with Crippen molar-refractivity contribution in [2.75, 3.05) is 0 Å². The van der Waals surface area contributed by atoms with Gasteiger partial charge in [0.05, 0.1) is 0 Å². The van der Waals surface area contributed by atoms with Crippen molar-refractivity contribution in [3.05, 3.63) is 0 Å². The minimum Gasteiger partial charge on any atom is -0.375 e. The number of hydrogen-bond acceptors (Lipinski definition) is 3. The van der Waals surface area contributed by atoms with Crippen LogP contribution in [0.25, 0.3) is 0 Å². The molecule has 0 aromatic rings. The van der Waals surface area contributed by atoms with Crippen molar-refractivity contribution < 1.29 is 14.3 Å². The zero-order valence-corrected chi connectivity index (χ0v) is 6.80. The fraction of sp³-hybridized carbons (Fsp3) is 0.714. The number of esters is 1. The number of carbonyl (C=O) groups is 2. The quantitative estimate of drug-likeness (QED) is 0.415. The van der Waals surface area contributed by atoms with Crippen LogP contribution < -0.4 is 5.32 Å². The Morgan fingerprint density at radius 3 is 2.09 bits per heavy atom. The molecule has 4 nitrogen and oxygen atoms in total. The van der Waals surface area contributed by atoms with Crippen LogP contribution in [0.4, 0.5) is 4.79 Å². The Morgan fingerprint density at radius 1 is 1.36 bits per heavy atom. The molecule has 0 aliphatic carbocycles. The predicted octanol–water partition coefficient (Wildman–Crippen LogP) is 0.667. The van der Waals surface area contributed by atoms with Crippen molar-refractivity contribution >= 4 is 12.1 Å². The molecule has 1 saturated heterocycles. The summed E-state index contributed by atoms with van der Waals surface area (Å²) in [6.45, 7) is 5.60. The van der Waals surface area contributed by atoms with Crippen LogP contribution in [0.5, 0.6) is 0 Å². The van der Waals surface area contributed by atoms with Gasteiger partial charge in [-0.25, -0.2) is 9.59 Å². The van der Waals surface area contributed by atoms with E-state index in [-0.39, 0.29) is 5.41 Å². The molecule has 1 rings (SSSR count). The average Bonchev–Trinajstić information content (AvgIpc) is 2.08. The highest BCUT2D eigenvalue weighted by Gasteiger charge is 2.40. The summed E-state index contributed by atoms with van der Waals surface area (Å²) in [7, 11) is 0. The smallest absolute Gasteiger partial charge is 0.375 e. The second-order valence-corrected chi connectivity index (χ2v) is 3.65. The Bertz CT molecular complexity index is 204. The molecule has 1 fully saturated rings. The Morgan fingerprint density at radius 2 is 1.91 bits per heavy atom. The summed E-state index contributed by atoms with van der Waals surface area (Å²) in [6, 6.07) is -0.505. The summed E-state index contributed by atoms with van der Waals surface area (Å²) < 4.78 is 4.31. The van der Waals surface area contributed by atoms with Gasteiger partial charge in [0.15, 0.2) is 0 Å². The van der Waals surface area contributed by atoms with Gasteiger partial charge < -0.3 is 10.1 Å². The summed E-state index contributed by atoms with van der Waals surface area (Å²) in [5.41, 5.74) is -0.275. The summed E-state index contributed by atoms with van der Waals surface area (Å²) in [5.74, 6) is -0.484. The van der Waals surface area contributed by atoms with E-state index in [2.05, 4.69) is 10.1 Å². The minimum atomic E-state index is -0.644. The predicted molar refractivity (Wildman–Crippen MR) is 37.9 cm³/mol. The van der Waals surface area contributed by atoms with E-state index in [9.17, 15) is 9.59 Å². The molecule has 1 unspecified atom stereocenters. The SMILES string of the molecule is CC(C)(C)C1NC(=O)OC1=O. The Hall–Kier alpha value is -1.06. The van der Waals surface area contributed by atoms with E-state index >= 15 is 0 Å². The molecule has 0 radical (unpaired) electrons. The third-order valence-electron chi connectivity index (χ3n) is 1.56. The molecular weight excluding hydrogens is 146 g/mol. The largest absolute Gasteiger partial charge is 0.415 e. The first kappa shape index (κ1) is 8.04. The van der Waals surface area contributed by atoms with Gasteiger partial charge in [-0.05, 0) is 5.41 Å². The number of rotatable bonds is 0. The van der Waals surface area contributed by atoms with Crippen LogP contribution in [0.1, 0.15) is 20.8 Å². The standard InChI is InChI=1S/C7H11NO3/c1-7(2,3)4-5(9)11-6(10)8-4/h4H,1-3H3,(H,8,10). The highest BCUT2D eigenvalue weighted by Crippen LogP contribution is 2.23. The van der Waals surface area contributed by atoms with Gasteiger partial charge >= 0.3 is 12.1 Å². The molecule has 1 amide bonds. The highest BCUT2D eigenvalue weighted by molar-refractivity contribution is 5.95. The number of alkyl carbamates (subject to hydrolysis) is 1. The maximum absolute atomic E-state index is 10.9. The molecule has 0 saturated carbocycles. The van der Waals surface area contributed by atoms with Crippen LogP contribution >= 0.6 is 0 Å². The van der Waals surface area contributed by atoms with E-state index in [0.717, 1.165) is 0 Å². The summed E-state index contributed by atoms with van der Waals surface area (Å²) in [5, 5.41) is 2.43. The summed E-state index contributed by atoms with van der Waals surface area (Å²) in [4.78, 5) is 21.5. The average molecular weight is 157 g/mol. The van der Waals surface area contributed by atoms with Gasteiger partial charge in [0.2, 0.25) is 0 Å². The van der Waals surface area contributed by atoms with Gasteiger partial charge in [0, 0.05) is 0 Å². The second kappa shape index (κ2) is 2.22. The normalized spacial score (nSPS) is 24.8. The fourth-order valence-electron chi connectivity index (χ4n) is 0.927. The molecule has 1 aliphatic rings. The van der Waals surface area contributed by atoms with E-state index in [0.29, 0.717) is 0 Å². The van der Waals surface area contributed by atoms with E-state index in [1.54, 1.807) is 0 Å². The Kier molecular flexibility index (Phi) is 1.62. The first-order chi connectivity index (χ1) is 4.91. The zero-order chi connectivity index (χ0) is 8.65. The lowest BCUT2D eigenvalue weighted by Gasteiger charge is -2.22. The molecule has 1 N–H and O–H groups in total. The zero-order valence-electron chi connectivity index (χ0n) is 6.80. The third kappa shape index (κ3) is 1.50. The van der Waals surface area contributed by atoms with Gasteiger partial charge in [-0.15, -0.1) is 0 Å². The van der Waals surface area contributed by atoms with E-state index in [4.69, 9.17) is 0 Å². The van der Waals surface area contributed by atoms with Gasteiger partial charge in [-0.3, -0.25) is 0 Å². The van der Waals surface area contributed by atoms with Crippen molar-refractivity contribution in [2.24, 2.45) is 5.41 Å².